The van der Waals surface area contributed by atoms with Gasteiger partial charge in [0, 0.05) is 22.3 Å². The molecule has 0 aromatic heterocycles. The summed E-state index contributed by atoms with van der Waals surface area (Å²) in [6, 6.07) is 14.5. The van der Waals surface area contributed by atoms with Crippen LogP contribution < -0.4 is 0 Å². The first-order valence-corrected chi connectivity index (χ1v) is 39.6. The van der Waals surface area contributed by atoms with Gasteiger partial charge in [0.2, 0.25) is 11.4 Å². The first-order valence-electron chi connectivity index (χ1n) is 39.6. The molecule has 0 radical (unpaired) electrons. The van der Waals surface area contributed by atoms with Crippen molar-refractivity contribution in [1.29, 1.82) is 0 Å². The number of hydrogen-bond acceptors (Lipinski definition) is 0. The van der Waals surface area contributed by atoms with Crippen molar-refractivity contribution in [2.24, 2.45) is 0 Å². The van der Waals surface area contributed by atoms with Crippen LogP contribution in [0.3, 0.4) is 0 Å². The summed E-state index contributed by atoms with van der Waals surface area (Å²) in [4.78, 5) is 0. The molecule has 1 aliphatic rings. The zero-order chi connectivity index (χ0) is 63.3. The molecule has 2 aromatic rings. The second kappa shape index (κ2) is 65.1. The minimum Gasteiger partial charge on any atom is -0.493 e. The van der Waals surface area contributed by atoms with Gasteiger partial charge in [-0.3, -0.25) is 0 Å². The molecule has 1 heterocycles. The van der Waals surface area contributed by atoms with Crippen LogP contribution in [0.15, 0.2) is 47.5 Å². The fourth-order valence-electron chi connectivity index (χ4n) is 13.1. The fraction of sp³-hybridized carbons (Fsp3) is 0.788. The van der Waals surface area contributed by atoms with Crippen molar-refractivity contribution in [3.8, 4) is 0 Å². The van der Waals surface area contributed by atoms with Crippen LogP contribution in [0.5, 0.6) is 0 Å². The summed E-state index contributed by atoms with van der Waals surface area (Å²) in [6.45, 7) is 26.1. The Morgan fingerprint density at radius 3 is 0.636 bits per heavy atom. The molecule has 512 valence electrons. The number of unbranched alkanes of at least 4 members (excludes halogenated alkanes) is 45. The third-order valence-electron chi connectivity index (χ3n) is 18.8. The summed E-state index contributed by atoms with van der Waals surface area (Å²) >= 11 is 0. The smallest absolute Gasteiger partial charge is 0.493 e. The Hall–Kier alpha value is -1.99. The molecular formula is C85H152N2Ni. The van der Waals surface area contributed by atoms with Gasteiger partial charge in [0.1, 0.15) is 0 Å². The van der Waals surface area contributed by atoms with Gasteiger partial charge in [-0.2, -0.15) is 12.8 Å². The summed E-state index contributed by atoms with van der Waals surface area (Å²) in [7, 11) is 0. The molecule has 88 heavy (non-hydrogen) atoms. The molecule has 1 aliphatic heterocycles. The Balaban J connectivity index is 0.00000147. The number of aryl methyl sites for hydroxylation is 4. The van der Waals surface area contributed by atoms with E-state index in [0.717, 1.165) is 62.8 Å². The van der Waals surface area contributed by atoms with Gasteiger partial charge >= 0.3 is 16.5 Å². The van der Waals surface area contributed by atoms with Crippen molar-refractivity contribution < 1.29 is 21.2 Å². The van der Waals surface area contributed by atoms with E-state index in [9.17, 15) is 5.53 Å². The van der Waals surface area contributed by atoms with Crippen molar-refractivity contribution in [3.05, 3.63) is 100 Å². The van der Waals surface area contributed by atoms with Crippen LogP contribution in [0.4, 0.5) is 0 Å². The van der Waals surface area contributed by atoms with E-state index in [1.54, 1.807) is 4.70 Å². The summed E-state index contributed by atoms with van der Waals surface area (Å²) in [5.74, 6) is 0. The van der Waals surface area contributed by atoms with Crippen molar-refractivity contribution in [1.82, 2.24) is 0 Å². The molecule has 2 aromatic carbocycles. The Labute approximate surface area is 563 Å². The Morgan fingerprint density at radius 1 is 0.239 bits per heavy atom. The van der Waals surface area contributed by atoms with E-state index < -0.39 is 0 Å². The topological polar surface area (TPSA) is 25.3 Å². The van der Waals surface area contributed by atoms with Gasteiger partial charge in [-0.15, -0.1) is 0 Å². The van der Waals surface area contributed by atoms with Gasteiger partial charge in [-0.25, -0.2) is 4.70 Å². The minimum atomic E-state index is 0. The van der Waals surface area contributed by atoms with Crippen molar-refractivity contribution in [3.63, 3.8) is 0 Å². The van der Waals surface area contributed by atoms with Crippen molar-refractivity contribution >= 4 is 11.4 Å². The maximum Gasteiger partial charge on any atom is 2.00 e. The van der Waals surface area contributed by atoms with Crippen LogP contribution in [0.2, 0.25) is 0 Å². The quantitative estimate of drug-likeness (QED) is 0.0273. The standard InChI is InChI=1S/C43H66N2.2C21H43.Ni/c1-7-13-19-21-27-41-40(26-20-14-8-2)42(38-30-34(22-15-9-3)28-35(31-38)23-16-10-4)45(44)43(41)39-32-36(24-17-11-5)29-37(33-39)25-18-12-6;2*1-3-5-7-9-11-13-15-17-19-21-20-18-16-14-12-10-8-6-4-2;/h28-33H,7-27H2,1-6H3;2*1,3-21H2,2H3;/q;2*-1;+2. The molecule has 0 saturated carbocycles. The van der Waals surface area contributed by atoms with E-state index in [1.165, 1.54) is 372 Å². The molecule has 0 amide bonds. The fourth-order valence-corrected chi connectivity index (χ4v) is 13.1. The minimum absolute atomic E-state index is 0. The third kappa shape index (κ3) is 45.3. The van der Waals surface area contributed by atoms with E-state index >= 15 is 0 Å². The molecular weight excluding hydrogens is 1110 g/mol. The monoisotopic (exact) mass is 1260 g/mol. The second-order valence-electron chi connectivity index (χ2n) is 27.5. The van der Waals surface area contributed by atoms with Gasteiger partial charge in [0.25, 0.3) is 0 Å². The molecule has 0 atom stereocenters. The first kappa shape index (κ1) is 86.0. The van der Waals surface area contributed by atoms with Gasteiger partial charge in [0.15, 0.2) is 0 Å². The largest absolute Gasteiger partial charge is 2.00 e. The molecule has 0 bridgehead atoms. The maximum atomic E-state index is 12.4. The van der Waals surface area contributed by atoms with E-state index in [0.29, 0.717) is 0 Å². The summed E-state index contributed by atoms with van der Waals surface area (Å²) in [5.41, 5.74) is 25.5. The first-order chi connectivity index (χ1) is 42.8. The molecule has 2 nitrogen and oxygen atoms in total. The number of benzene rings is 2. The maximum absolute atomic E-state index is 12.4. The van der Waals surface area contributed by atoms with E-state index in [2.05, 4.69) is 106 Å². The molecule has 3 rings (SSSR count). The van der Waals surface area contributed by atoms with Gasteiger partial charge in [-0.05, 0) is 124 Å². The summed E-state index contributed by atoms with van der Waals surface area (Å²) < 4.78 is 1.65. The second-order valence-corrected chi connectivity index (χ2v) is 27.5. The summed E-state index contributed by atoms with van der Waals surface area (Å²) in [5, 5.41) is 0. The van der Waals surface area contributed by atoms with Crippen LogP contribution in [0.25, 0.3) is 16.9 Å². The molecule has 0 unspecified atom stereocenters. The third-order valence-corrected chi connectivity index (χ3v) is 18.8. The summed E-state index contributed by atoms with van der Waals surface area (Å²) in [6.07, 6.45) is 79.3. The number of hydrogen-bond donors (Lipinski definition) is 0. The van der Waals surface area contributed by atoms with Crippen LogP contribution in [0.1, 0.15) is 442 Å². The zero-order valence-corrected chi connectivity index (χ0v) is 61.8. The Morgan fingerprint density at radius 2 is 0.420 bits per heavy atom. The van der Waals surface area contributed by atoms with E-state index in [-0.39, 0.29) is 16.5 Å². The predicted molar refractivity (Wildman–Crippen MR) is 395 cm³/mol. The molecule has 0 N–H and O–H groups in total. The SMILES string of the molecule is CCCCCCC1=C(c2cc(CCCC)cc(CCCC)c2)[N+](=[N-])C(c2cc(CCCC)cc(CCCC)c2)=C1CCCCC.[CH2-]CCCCCCCCCCCCCCCCCCCC.[CH2-]CCCCCCCCCCCCCCCCCCCC.[Ni+2]. The van der Waals surface area contributed by atoms with Crippen LogP contribution in [-0.4, -0.2) is 4.70 Å². The number of nitrogens with zero attached hydrogens (tertiary/aromatic N) is 2. The average Bonchev–Trinajstić information content (AvgIpc) is 2.70. The zero-order valence-electron chi connectivity index (χ0n) is 60.8. The van der Waals surface area contributed by atoms with Crippen molar-refractivity contribution in [2.45, 2.75) is 434 Å². The van der Waals surface area contributed by atoms with Gasteiger partial charge < -0.3 is 19.4 Å². The Bertz CT molecular complexity index is 1780. The van der Waals surface area contributed by atoms with Gasteiger partial charge in [0.05, 0.1) is 0 Å². The van der Waals surface area contributed by atoms with Crippen LogP contribution in [-0.2, 0) is 42.2 Å². The number of rotatable bonds is 59. The van der Waals surface area contributed by atoms with Crippen molar-refractivity contribution in [2.75, 3.05) is 0 Å². The molecule has 3 heteroatoms. The molecule has 0 aliphatic carbocycles. The van der Waals surface area contributed by atoms with E-state index in [4.69, 9.17) is 0 Å². The average molecular weight is 1260 g/mol. The van der Waals surface area contributed by atoms with Gasteiger partial charge in [-0.1, -0.05) is 356 Å². The number of allylic oxidation sites excluding steroid dienone is 2. The van der Waals surface area contributed by atoms with Crippen LogP contribution in [0, 0.1) is 13.8 Å². The molecule has 0 saturated heterocycles. The van der Waals surface area contributed by atoms with Crippen LogP contribution >= 0.6 is 0 Å². The van der Waals surface area contributed by atoms with E-state index in [1.807, 2.05) is 0 Å². The predicted octanol–water partition coefficient (Wildman–Crippen LogP) is 30.3. The molecule has 0 spiro atoms. The normalized spacial score (nSPS) is 12.2. The molecule has 0 fully saturated rings. The Kier molecular flexibility index (Phi) is 63.6.